The molecule has 0 aliphatic carbocycles. The highest BCUT2D eigenvalue weighted by molar-refractivity contribution is 5.96. The average Bonchev–Trinajstić information content (AvgIpc) is 2.83. The second-order valence-corrected chi connectivity index (χ2v) is 8.79. The van der Waals surface area contributed by atoms with Crippen molar-refractivity contribution in [3.05, 3.63) is 59.8 Å². The first kappa shape index (κ1) is 23.2. The van der Waals surface area contributed by atoms with Gasteiger partial charge in [-0.2, -0.15) is 5.26 Å². The molecule has 1 fully saturated rings. The van der Waals surface area contributed by atoms with Gasteiger partial charge in [-0.15, -0.1) is 0 Å². The molecule has 2 heterocycles. The Morgan fingerprint density at radius 2 is 2.00 bits per heavy atom. The fourth-order valence-corrected chi connectivity index (χ4v) is 4.72. The highest BCUT2D eigenvalue weighted by Crippen LogP contribution is 2.34. The molecular weight excluding hydrogens is 428 g/mol. The van der Waals surface area contributed by atoms with Crippen molar-refractivity contribution in [2.45, 2.75) is 39.7 Å². The van der Waals surface area contributed by atoms with Gasteiger partial charge in [-0.3, -0.25) is 19.9 Å². The van der Waals surface area contributed by atoms with E-state index < -0.39 is 6.10 Å². The van der Waals surface area contributed by atoms with E-state index in [-0.39, 0.29) is 19.2 Å². The van der Waals surface area contributed by atoms with E-state index in [2.05, 4.69) is 42.3 Å². The number of nitriles is 1. The molecule has 0 spiro atoms. The SMILES string of the molecule is Cc1cccc(C)c1-c1ccnc2cc(O[C@H](C)C(=O)N3CCC[C@H](C(=O)NC#N)C3)ccc12.[HH]. The largest absolute Gasteiger partial charge is 0.481 e. The highest BCUT2D eigenvalue weighted by Gasteiger charge is 2.31. The van der Waals surface area contributed by atoms with Crippen LogP contribution in [0.4, 0.5) is 0 Å². The molecule has 1 aromatic heterocycles. The third-order valence-electron chi connectivity index (χ3n) is 6.41. The smallest absolute Gasteiger partial charge is 0.263 e. The summed E-state index contributed by atoms with van der Waals surface area (Å²) in [7, 11) is 0. The summed E-state index contributed by atoms with van der Waals surface area (Å²) in [6.07, 6.45) is 4.12. The zero-order valence-electron chi connectivity index (χ0n) is 19.7. The summed E-state index contributed by atoms with van der Waals surface area (Å²) in [4.78, 5) is 31.2. The molecule has 1 saturated heterocycles. The van der Waals surface area contributed by atoms with Crippen molar-refractivity contribution in [3.63, 3.8) is 0 Å². The molecule has 2 aromatic carbocycles. The maximum atomic E-state index is 13.0. The first-order chi connectivity index (χ1) is 16.4. The van der Waals surface area contributed by atoms with Gasteiger partial charge in [0.25, 0.3) is 5.91 Å². The predicted molar refractivity (Wildman–Crippen MR) is 132 cm³/mol. The van der Waals surface area contributed by atoms with Crippen molar-refractivity contribution in [1.82, 2.24) is 15.2 Å². The lowest BCUT2D eigenvalue weighted by Crippen LogP contribution is -2.48. The molecule has 0 bridgehead atoms. The van der Waals surface area contributed by atoms with Crippen molar-refractivity contribution in [1.29, 1.82) is 5.26 Å². The molecule has 4 rings (SSSR count). The number of ether oxygens (including phenoxy) is 1. The Kier molecular flexibility index (Phi) is 6.78. The normalized spacial score (nSPS) is 16.5. The molecule has 0 saturated carbocycles. The first-order valence-corrected chi connectivity index (χ1v) is 11.5. The number of amides is 2. The van der Waals surface area contributed by atoms with Crippen LogP contribution in [0.3, 0.4) is 0 Å². The predicted octanol–water partition coefficient (Wildman–Crippen LogP) is 4.37. The van der Waals surface area contributed by atoms with Crippen molar-refractivity contribution < 1.29 is 15.8 Å². The molecule has 1 aliphatic rings. The third kappa shape index (κ3) is 4.72. The van der Waals surface area contributed by atoms with Crippen molar-refractivity contribution in [2.24, 2.45) is 5.92 Å². The van der Waals surface area contributed by atoms with E-state index in [0.717, 1.165) is 16.5 Å². The number of aromatic nitrogens is 1. The van der Waals surface area contributed by atoms with Gasteiger partial charge in [0.2, 0.25) is 5.91 Å². The Balaban J connectivity index is 0.00000342. The van der Waals surface area contributed by atoms with Crippen molar-refractivity contribution >= 4 is 22.7 Å². The molecule has 0 unspecified atom stereocenters. The van der Waals surface area contributed by atoms with E-state index in [1.165, 1.54) is 16.7 Å². The van der Waals surface area contributed by atoms with Crippen LogP contribution in [0.15, 0.2) is 48.7 Å². The van der Waals surface area contributed by atoms with Gasteiger partial charge in [-0.1, -0.05) is 18.2 Å². The number of nitrogens with one attached hydrogen (secondary N) is 1. The van der Waals surface area contributed by atoms with E-state index in [0.29, 0.717) is 31.7 Å². The zero-order chi connectivity index (χ0) is 24.2. The van der Waals surface area contributed by atoms with Gasteiger partial charge in [0.15, 0.2) is 12.3 Å². The van der Waals surface area contributed by atoms with E-state index >= 15 is 0 Å². The molecule has 2 amide bonds. The molecule has 3 aromatic rings. The number of likely N-dealkylation sites (tertiary alicyclic amines) is 1. The number of rotatable bonds is 5. The van der Waals surface area contributed by atoms with Crippen LogP contribution < -0.4 is 10.1 Å². The summed E-state index contributed by atoms with van der Waals surface area (Å²) >= 11 is 0. The number of hydrogen-bond acceptors (Lipinski definition) is 5. The van der Waals surface area contributed by atoms with Crippen LogP contribution in [0.25, 0.3) is 22.0 Å². The van der Waals surface area contributed by atoms with E-state index in [4.69, 9.17) is 10.00 Å². The molecule has 7 nitrogen and oxygen atoms in total. The monoisotopic (exact) mass is 458 g/mol. The van der Waals surface area contributed by atoms with Crippen LogP contribution in [-0.2, 0) is 9.59 Å². The number of aryl methyl sites for hydroxylation is 2. The lowest BCUT2D eigenvalue weighted by Gasteiger charge is -2.33. The number of hydrogen-bond donors (Lipinski definition) is 1. The van der Waals surface area contributed by atoms with Crippen LogP contribution in [-0.4, -0.2) is 40.9 Å². The highest BCUT2D eigenvalue weighted by atomic mass is 16.5. The maximum absolute atomic E-state index is 13.0. The topological polar surface area (TPSA) is 95.3 Å². The summed E-state index contributed by atoms with van der Waals surface area (Å²) in [5, 5.41) is 11.9. The van der Waals surface area contributed by atoms with Crippen molar-refractivity contribution in [3.8, 4) is 23.1 Å². The number of piperidine rings is 1. The standard InChI is InChI=1S/C27H28N4O3.H2/c1-17-6-4-7-18(2)25(17)23-11-12-29-24-14-21(9-10-22(23)24)34-19(3)27(33)31-13-5-8-20(15-31)26(32)30-16-28;/h4,6-7,9-12,14,19-20H,5,8,13,15H2,1-3H3,(H,30,32);1H/t19-,20+;/m1./s1. The van der Waals surface area contributed by atoms with Crippen molar-refractivity contribution in [2.75, 3.05) is 13.1 Å². The third-order valence-corrected chi connectivity index (χ3v) is 6.41. The van der Waals surface area contributed by atoms with Gasteiger partial charge >= 0.3 is 0 Å². The Hall–Kier alpha value is -3.92. The Morgan fingerprint density at radius 1 is 1.24 bits per heavy atom. The summed E-state index contributed by atoms with van der Waals surface area (Å²) in [5.74, 6) is -0.325. The number of nitrogens with zero attached hydrogens (tertiary/aromatic N) is 3. The summed E-state index contributed by atoms with van der Waals surface area (Å²) in [5.41, 5.74) is 5.52. The zero-order valence-corrected chi connectivity index (χ0v) is 19.7. The van der Waals surface area contributed by atoms with Gasteiger partial charge in [-0.25, -0.2) is 0 Å². The maximum Gasteiger partial charge on any atom is 0.263 e. The van der Waals surface area contributed by atoms with Gasteiger partial charge in [0.05, 0.1) is 11.4 Å². The van der Waals surface area contributed by atoms with E-state index in [1.54, 1.807) is 24.2 Å². The van der Waals surface area contributed by atoms with Gasteiger partial charge in [0, 0.05) is 32.2 Å². The summed E-state index contributed by atoms with van der Waals surface area (Å²) < 4.78 is 5.99. The fraction of sp³-hybridized carbons (Fsp3) is 0.333. The number of carbonyl (C=O) groups excluding carboxylic acids is 2. The van der Waals surface area contributed by atoms with E-state index in [9.17, 15) is 9.59 Å². The molecule has 0 radical (unpaired) electrons. The van der Waals surface area contributed by atoms with Gasteiger partial charge < -0.3 is 9.64 Å². The minimum atomic E-state index is -0.711. The fourth-order valence-electron chi connectivity index (χ4n) is 4.72. The van der Waals surface area contributed by atoms with Gasteiger partial charge in [0.1, 0.15) is 5.75 Å². The van der Waals surface area contributed by atoms with Gasteiger partial charge in [-0.05, 0) is 74.1 Å². The molecule has 34 heavy (non-hydrogen) atoms. The average molecular weight is 459 g/mol. The van der Waals surface area contributed by atoms with Crippen LogP contribution in [0.5, 0.6) is 5.75 Å². The molecule has 176 valence electrons. The number of fused-ring (bicyclic) bond motifs is 1. The molecule has 7 heteroatoms. The second-order valence-electron chi connectivity index (χ2n) is 8.79. The molecular formula is C27H30N4O3. The quantitative estimate of drug-likeness (QED) is 0.453. The minimum absolute atomic E-state index is 0. The number of carbonyl (C=O) groups is 2. The Morgan fingerprint density at radius 3 is 2.74 bits per heavy atom. The second kappa shape index (κ2) is 9.92. The van der Waals surface area contributed by atoms with Crippen LogP contribution in [0.2, 0.25) is 0 Å². The van der Waals surface area contributed by atoms with Crippen LogP contribution in [0.1, 0.15) is 32.3 Å². The Labute approximate surface area is 200 Å². The molecule has 1 aliphatic heterocycles. The lowest BCUT2D eigenvalue weighted by atomic mass is 9.93. The first-order valence-electron chi connectivity index (χ1n) is 11.5. The number of pyridine rings is 1. The summed E-state index contributed by atoms with van der Waals surface area (Å²) in [6, 6.07) is 14.0. The van der Waals surface area contributed by atoms with Crippen LogP contribution >= 0.6 is 0 Å². The number of benzene rings is 2. The summed E-state index contributed by atoms with van der Waals surface area (Å²) in [6.45, 7) is 6.79. The molecule has 1 N–H and O–H groups in total. The van der Waals surface area contributed by atoms with E-state index in [1.807, 2.05) is 24.3 Å². The van der Waals surface area contributed by atoms with Crippen LogP contribution in [0, 0.1) is 31.2 Å². The lowest BCUT2D eigenvalue weighted by molar-refractivity contribution is -0.141. The Bertz CT molecular complexity index is 1270. The minimum Gasteiger partial charge on any atom is -0.481 e. The molecule has 2 atom stereocenters.